The highest BCUT2D eigenvalue weighted by molar-refractivity contribution is 5.87. The lowest BCUT2D eigenvalue weighted by Gasteiger charge is -2.59. The van der Waals surface area contributed by atoms with Gasteiger partial charge in [-0.25, -0.2) is 0 Å². The summed E-state index contributed by atoms with van der Waals surface area (Å²) < 4.78 is 10.6. The molecule has 2 aromatic rings. The summed E-state index contributed by atoms with van der Waals surface area (Å²) in [6, 6.07) is 15.8. The number of rotatable bonds is 4. The normalized spacial score (nSPS) is 22.2. The van der Waals surface area contributed by atoms with Crippen molar-refractivity contribution in [2.45, 2.75) is 24.9 Å². The van der Waals surface area contributed by atoms with E-state index in [9.17, 15) is 9.59 Å². The van der Waals surface area contributed by atoms with Crippen LogP contribution in [0.1, 0.15) is 29.5 Å². The first-order chi connectivity index (χ1) is 15.0. The van der Waals surface area contributed by atoms with Gasteiger partial charge in [0, 0.05) is 37.6 Å². The highest BCUT2D eigenvalue weighted by atomic mass is 16.5. The maximum Gasteiger partial charge on any atom is 0.242 e. The molecule has 2 heterocycles. The van der Waals surface area contributed by atoms with Gasteiger partial charge in [0.05, 0.1) is 32.3 Å². The summed E-state index contributed by atoms with van der Waals surface area (Å²) >= 11 is 0. The number of benzene rings is 2. The van der Waals surface area contributed by atoms with Crippen LogP contribution in [0.3, 0.4) is 0 Å². The Morgan fingerprint density at radius 3 is 2.52 bits per heavy atom. The van der Waals surface area contributed by atoms with Gasteiger partial charge in [0.15, 0.2) is 0 Å². The van der Waals surface area contributed by atoms with Gasteiger partial charge in [0.1, 0.15) is 5.75 Å². The molecule has 6 nitrogen and oxygen atoms in total. The lowest BCUT2D eigenvalue weighted by molar-refractivity contribution is -0.167. The molecule has 31 heavy (non-hydrogen) atoms. The second-order valence-corrected chi connectivity index (χ2v) is 7.92. The maximum absolute atomic E-state index is 12.6. The zero-order valence-corrected chi connectivity index (χ0v) is 18.0. The molecule has 2 aromatic carbocycles. The maximum atomic E-state index is 12.6. The molecule has 2 fully saturated rings. The fraction of sp³-hybridized carbons (Fsp3) is 0.360. The first-order valence-electron chi connectivity index (χ1n) is 10.3. The minimum atomic E-state index is -0.0647. The molecule has 2 aliphatic heterocycles. The van der Waals surface area contributed by atoms with Crippen LogP contribution in [0, 0.1) is 11.8 Å². The van der Waals surface area contributed by atoms with E-state index in [1.807, 2.05) is 41.3 Å². The molecule has 2 amide bonds. The Morgan fingerprint density at radius 2 is 1.84 bits per heavy atom. The zero-order valence-electron chi connectivity index (χ0n) is 18.0. The predicted molar refractivity (Wildman–Crippen MR) is 117 cm³/mol. The minimum Gasteiger partial charge on any atom is -0.497 e. The van der Waals surface area contributed by atoms with Crippen LogP contribution in [-0.4, -0.2) is 67.6 Å². The summed E-state index contributed by atoms with van der Waals surface area (Å²) in [5, 5.41) is 0. The number of piperazine rings is 1. The van der Waals surface area contributed by atoms with Crippen molar-refractivity contribution in [3.63, 3.8) is 0 Å². The van der Waals surface area contributed by atoms with Gasteiger partial charge in [-0.15, -0.1) is 0 Å². The van der Waals surface area contributed by atoms with Gasteiger partial charge < -0.3 is 19.3 Å². The summed E-state index contributed by atoms with van der Waals surface area (Å²) in [5.41, 5.74) is 2.94. The number of amides is 2. The molecular weight excluding hydrogens is 392 g/mol. The SMILES string of the molecule is COC[C@H]1[C@@H](c2ccc(C#Cc3cccc(OC)c3)cc2)[C@@H]2CN(C(C)=O)CC(=O)N12. The summed E-state index contributed by atoms with van der Waals surface area (Å²) in [5.74, 6) is 7.19. The van der Waals surface area contributed by atoms with E-state index in [4.69, 9.17) is 9.47 Å². The fourth-order valence-corrected chi connectivity index (χ4v) is 4.53. The van der Waals surface area contributed by atoms with Crippen LogP contribution in [-0.2, 0) is 14.3 Å². The summed E-state index contributed by atoms with van der Waals surface area (Å²) in [6.07, 6.45) is 0. The number of fused-ring (bicyclic) bond motifs is 1. The third kappa shape index (κ3) is 4.14. The first-order valence-corrected chi connectivity index (χ1v) is 10.3. The van der Waals surface area contributed by atoms with Crippen molar-refractivity contribution >= 4 is 11.8 Å². The van der Waals surface area contributed by atoms with Crippen molar-refractivity contribution in [1.82, 2.24) is 9.80 Å². The number of methoxy groups -OCH3 is 2. The van der Waals surface area contributed by atoms with Gasteiger partial charge in [-0.2, -0.15) is 0 Å². The van der Waals surface area contributed by atoms with Crippen LogP contribution >= 0.6 is 0 Å². The molecule has 0 radical (unpaired) electrons. The number of hydrogen-bond donors (Lipinski definition) is 0. The smallest absolute Gasteiger partial charge is 0.242 e. The Labute approximate surface area is 182 Å². The van der Waals surface area contributed by atoms with E-state index < -0.39 is 0 Å². The quantitative estimate of drug-likeness (QED) is 0.715. The van der Waals surface area contributed by atoms with Gasteiger partial charge in [-0.1, -0.05) is 30.0 Å². The average Bonchev–Trinajstić information content (AvgIpc) is 2.77. The summed E-state index contributed by atoms with van der Waals surface area (Å²) in [4.78, 5) is 28.0. The molecule has 0 bridgehead atoms. The molecule has 0 spiro atoms. The van der Waals surface area contributed by atoms with Gasteiger partial charge in [-0.05, 0) is 35.9 Å². The number of ether oxygens (including phenoxy) is 2. The summed E-state index contributed by atoms with van der Waals surface area (Å²) in [6.45, 7) is 2.70. The first kappa shape index (κ1) is 21.0. The van der Waals surface area contributed by atoms with Crippen LogP contribution in [0.5, 0.6) is 5.75 Å². The Bertz CT molecular complexity index is 1040. The molecule has 4 rings (SSSR count). The number of carbonyl (C=O) groups excluding carboxylic acids is 2. The van der Waals surface area contributed by atoms with Crippen LogP contribution < -0.4 is 4.74 Å². The molecule has 3 atom stereocenters. The van der Waals surface area contributed by atoms with E-state index >= 15 is 0 Å². The van der Waals surface area contributed by atoms with Crippen molar-refractivity contribution < 1.29 is 19.1 Å². The van der Waals surface area contributed by atoms with E-state index in [0.717, 1.165) is 22.4 Å². The number of carbonyl (C=O) groups is 2. The highest BCUT2D eigenvalue weighted by Crippen LogP contribution is 2.43. The monoisotopic (exact) mass is 418 g/mol. The third-order valence-electron chi connectivity index (χ3n) is 6.06. The molecule has 0 aliphatic carbocycles. The largest absolute Gasteiger partial charge is 0.497 e. The van der Waals surface area contributed by atoms with Crippen molar-refractivity contribution in [3.05, 3.63) is 65.2 Å². The average molecular weight is 418 g/mol. The molecular formula is C25H26N2O4. The Hall–Kier alpha value is -3.30. The molecule has 6 heteroatoms. The fourth-order valence-electron chi connectivity index (χ4n) is 4.53. The standard InChI is InChI=1S/C25H26N2O4/c1-17(28)26-14-22-25(23(16-30-2)27(22)24(29)15-26)20-11-9-18(10-12-20)7-8-19-5-4-6-21(13-19)31-3/h4-6,9-13,22-23,25H,14-16H2,1-3H3/t22-,23-,25-/m0/s1. The third-order valence-corrected chi connectivity index (χ3v) is 6.06. The van der Waals surface area contributed by atoms with E-state index in [1.54, 1.807) is 19.1 Å². The minimum absolute atomic E-state index is 0.00877. The highest BCUT2D eigenvalue weighted by Gasteiger charge is 2.54. The molecule has 0 saturated carbocycles. The predicted octanol–water partition coefficient (Wildman–Crippen LogP) is 2.27. The molecule has 0 unspecified atom stereocenters. The Balaban J connectivity index is 1.54. The lowest BCUT2D eigenvalue weighted by Crippen LogP contribution is -2.73. The van der Waals surface area contributed by atoms with Crippen LogP contribution in [0.15, 0.2) is 48.5 Å². The van der Waals surface area contributed by atoms with Gasteiger partial charge in [0.2, 0.25) is 11.8 Å². The van der Waals surface area contributed by atoms with Gasteiger partial charge in [-0.3, -0.25) is 9.59 Å². The van der Waals surface area contributed by atoms with Crippen molar-refractivity contribution in [2.75, 3.05) is 33.9 Å². The molecule has 0 aromatic heterocycles. The van der Waals surface area contributed by atoms with Crippen LogP contribution in [0.25, 0.3) is 0 Å². The second-order valence-electron chi connectivity index (χ2n) is 7.92. The van der Waals surface area contributed by atoms with E-state index in [-0.39, 0.29) is 36.4 Å². The second kappa shape index (κ2) is 8.83. The topological polar surface area (TPSA) is 59.1 Å². The van der Waals surface area contributed by atoms with Crippen molar-refractivity contribution in [2.24, 2.45) is 0 Å². The van der Waals surface area contributed by atoms with Gasteiger partial charge >= 0.3 is 0 Å². The van der Waals surface area contributed by atoms with Gasteiger partial charge in [0.25, 0.3) is 0 Å². The zero-order chi connectivity index (χ0) is 22.0. The van der Waals surface area contributed by atoms with E-state index in [2.05, 4.69) is 24.0 Å². The van der Waals surface area contributed by atoms with Crippen molar-refractivity contribution in [1.29, 1.82) is 0 Å². The summed E-state index contributed by atoms with van der Waals surface area (Å²) in [7, 11) is 3.29. The molecule has 160 valence electrons. The Morgan fingerprint density at radius 1 is 1.10 bits per heavy atom. The van der Waals surface area contributed by atoms with Crippen LogP contribution in [0.4, 0.5) is 0 Å². The number of nitrogens with zero attached hydrogens (tertiary/aromatic N) is 2. The lowest BCUT2D eigenvalue weighted by atomic mass is 9.73. The molecule has 2 saturated heterocycles. The number of hydrogen-bond acceptors (Lipinski definition) is 4. The van der Waals surface area contributed by atoms with Crippen LogP contribution in [0.2, 0.25) is 0 Å². The molecule has 0 N–H and O–H groups in total. The van der Waals surface area contributed by atoms with Crippen molar-refractivity contribution in [3.8, 4) is 17.6 Å². The van der Waals surface area contributed by atoms with E-state index in [1.165, 1.54) is 6.92 Å². The van der Waals surface area contributed by atoms with E-state index in [0.29, 0.717) is 13.2 Å². The Kier molecular flexibility index (Phi) is 5.97. The molecule has 2 aliphatic rings.